The summed E-state index contributed by atoms with van der Waals surface area (Å²) in [5.41, 5.74) is 0. The molecule has 0 bridgehead atoms. The zero-order valence-corrected chi connectivity index (χ0v) is 9.29. The predicted octanol–water partition coefficient (Wildman–Crippen LogP) is 2.34. The highest BCUT2D eigenvalue weighted by Gasteiger charge is 2.06. The fraction of sp³-hybridized carbons (Fsp3) is 0.250. The van der Waals surface area contributed by atoms with Crippen molar-refractivity contribution >= 4 is 17.7 Å². The van der Waals surface area contributed by atoms with Crippen molar-refractivity contribution in [3.05, 3.63) is 30.3 Å². The molecule has 0 saturated heterocycles. The number of terminal acetylenes is 1. The highest BCUT2D eigenvalue weighted by molar-refractivity contribution is 8.00. The average Bonchev–Trinajstić information content (AvgIpc) is 2.27. The van der Waals surface area contributed by atoms with Gasteiger partial charge in [0.1, 0.15) is 0 Å². The summed E-state index contributed by atoms with van der Waals surface area (Å²) in [5.74, 6) is 2.35. The maximum Gasteiger partial charge on any atom is 0.317 e. The quantitative estimate of drug-likeness (QED) is 0.442. The summed E-state index contributed by atoms with van der Waals surface area (Å²) in [5, 5.41) is 0. The SMILES string of the molecule is C#CC(C)OC(=O)CSc1ccccc1. The topological polar surface area (TPSA) is 26.3 Å². The molecule has 3 heteroatoms. The van der Waals surface area contributed by atoms with Gasteiger partial charge in [-0.3, -0.25) is 4.79 Å². The molecule has 0 aliphatic rings. The molecule has 1 rings (SSSR count). The maximum atomic E-state index is 11.2. The van der Waals surface area contributed by atoms with Crippen LogP contribution in [0.3, 0.4) is 0 Å². The van der Waals surface area contributed by atoms with Crippen LogP contribution in [0.25, 0.3) is 0 Å². The van der Waals surface area contributed by atoms with Crippen molar-refractivity contribution in [2.45, 2.75) is 17.9 Å². The lowest BCUT2D eigenvalue weighted by atomic mass is 10.4. The van der Waals surface area contributed by atoms with Crippen LogP contribution in [0.1, 0.15) is 6.92 Å². The molecule has 0 aliphatic carbocycles. The van der Waals surface area contributed by atoms with Crippen molar-refractivity contribution in [2.75, 3.05) is 5.75 Å². The number of esters is 1. The highest BCUT2D eigenvalue weighted by Crippen LogP contribution is 2.16. The van der Waals surface area contributed by atoms with Gasteiger partial charge in [0.05, 0.1) is 5.75 Å². The molecule has 0 amide bonds. The highest BCUT2D eigenvalue weighted by atomic mass is 32.2. The van der Waals surface area contributed by atoms with E-state index in [9.17, 15) is 4.79 Å². The Morgan fingerprint density at radius 1 is 1.53 bits per heavy atom. The van der Waals surface area contributed by atoms with Crippen molar-refractivity contribution in [3.8, 4) is 12.3 Å². The van der Waals surface area contributed by atoms with E-state index in [0.717, 1.165) is 4.90 Å². The molecule has 1 unspecified atom stereocenters. The standard InChI is InChI=1S/C12H12O2S/c1-3-10(2)14-12(13)9-15-11-7-5-4-6-8-11/h1,4-8,10H,9H2,2H3. The Balaban J connectivity index is 2.32. The predicted molar refractivity (Wildman–Crippen MR) is 61.6 cm³/mol. The van der Waals surface area contributed by atoms with Gasteiger partial charge >= 0.3 is 5.97 Å². The second-order valence-electron chi connectivity index (χ2n) is 2.90. The summed E-state index contributed by atoms with van der Waals surface area (Å²) in [7, 11) is 0. The Morgan fingerprint density at radius 3 is 2.80 bits per heavy atom. The first-order chi connectivity index (χ1) is 7.22. The van der Waals surface area contributed by atoms with E-state index in [-0.39, 0.29) is 11.7 Å². The lowest BCUT2D eigenvalue weighted by Crippen LogP contribution is -2.14. The van der Waals surface area contributed by atoms with Gasteiger partial charge in [0, 0.05) is 4.90 Å². The minimum Gasteiger partial charge on any atom is -0.449 e. The van der Waals surface area contributed by atoms with Crippen LogP contribution < -0.4 is 0 Å². The number of thioether (sulfide) groups is 1. The summed E-state index contributed by atoms with van der Waals surface area (Å²) < 4.78 is 4.93. The fourth-order valence-electron chi connectivity index (χ4n) is 0.924. The summed E-state index contributed by atoms with van der Waals surface area (Å²) >= 11 is 1.44. The van der Waals surface area contributed by atoms with Crippen LogP contribution in [0.5, 0.6) is 0 Å². The van der Waals surface area contributed by atoms with E-state index in [1.54, 1.807) is 6.92 Å². The molecular formula is C12H12O2S. The summed E-state index contributed by atoms with van der Waals surface area (Å²) in [6.07, 6.45) is 4.64. The number of ether oxygens (including phenoxy) is 1. The van der Waals surface area contributed by atoms with Crippen molar-refractivity contribution in [3.63, 3.8) is 0 Å². The number of benzene rings is 1. The summed E-state index contributed by atoms with van der Waals surface area (Å²) in [4.78, 5) is 12.3. The number of hydrogen-bond donors (Lipinski definition) is 0. The molecule has 1 aromatic rings. The molecule has 78 valence electrons. The smallest absolute Gasteiger partial charge is 0.317 e. The minimum absolute atomic E-state index is 0.283. The third-order valence-electron chi connectivity index (χ3n) is 1.64. The van der Waals surface area contributed by atoms with Gasteiger partial charge < -0.3 is 4.74 Å². The van der Waals surface area contributed by atoms with Gasteiger partial charge in [-0.15, -0.1) is 18.2 Å². The molecule has 0 spiro atoms. The fourth-order valence-corrected chi connectivity index (χ4v) is 1.63. The van der Waals surface area contributed by atoms with Crippen LogP contribution in [0, 0.1) is 12.3 Å². The molecular weight excluding hydrogens is 208 g/mol. The largest absolute Gasteiger partial charge is 0.449 e. The average molecular weight is 220 g/mol. The van der Waals surface area contributed by atoms with Crippen molar-refractivity contribution < 1.29 is 9.53 Å². The Hall–Kier alpha value is -1.40. The molecule has 0 heterocycles. The normalized spacial score (nSPS) is 11.5. The molecule has 1 atom stereocenters. The van der Waals surface area contributed by atoms with Crippen LogP contribution in [0.2, 0.25) is 0 Å². The lowest BCUT2D eigenvalue weighted by molar-refractivity contribution is -0.142. The Morgan fingerprint density at radius 2 is 2.20 bits per heavy atom. The van der Waals surface area contributed by atoms with E-state index in [4.69, 9.17) is 11.2 Å². The zero-order chi connectivity index (χ0) is 11.1. The molecule has 0 aliphatic heterocycles. The molecule has 0 aromatic heterocycles. The van der Waals surface area contributed by atoms with Crippen LogP contribution in [-0.4, -0.2) is 17.8 Å². The van der Waals surface area contributed by atoms with Crippen molar-refractivity contribution in [1.82, 2.24) is 0 Å². The van der Waals surface area contributed by atoms with Crippen molar-refractivity contribution in [2.24, 2.45) is 0 Å². The number of carbonyl (C=O) groups is 1. The Kier molecular flexibility index (Phi) is 4.79. The van der Waals surface area contributed by atoms with Gasteiger partial charge in [0.25, 0.3) is 0 Å². The van der Waals surface area contributed by atoms with Crippen LogP contribution in [-0.2, 0) is 9.53 Å². The second-order valence-corrected chi connectivity index (χ2v) is 3.95. The van der Waals surface area contributed by atoms with Crippen LogP contribution in [0.15, 0.2) is 35.2 Å². The molecule has 0 saturated carbocycles. The number of carbonyl (C=O) groups excluding carboxylic acids is 1. The lowest BCUT2D eigenvalue weighted by Gasteiger charge is -2.06. The first-order valence-corrected chi connectivity index (χ1v) is 5.54. The van der Waals surface area contributed by atoms with E-state index in [0.29, 0.717) is 0 Å². The molecule has 15 heavy (non-hydrogen) atoms. The molecule has 0 N–H and O–H groups in total. The van der Waals surface area contributed by atoms with Gasteiger partial charge in [-0.1, -0.05) is 24.1 Å². The number of hydrogen-bond acceptors (Lipinski definition) is 3. The van der Waals surface area contributed by atoms with Gasteiger partial charge in [0.2, 0.25) is 0 Å². The first-order valence-electron chi connectivity index (χ1n) is 4.56. The number of rotatable bonds is 4. The molecule has 2 nitrogen and oxygen atoms in total. The summed E-state index contributed by atoms with van der Waals surface area (Å²) in [6, 6.07) is 9.68. The minimum atomic E-state index is -0.450. The van der Waals surface area contributed by atoms with Gasteiger partial charge in [-0.05, 0) is 19.1 Å². The Bertz CT molecular complexity index is 354. The van der Waals surface area contributed by atoms with E-state index >= 15 is 0 Å². The van der Waals surface area contributed by atoms with E-state index in [1.165, 1.54) is 11.8 Å². The van der Waals surface area contributed by atoms with Crippen LogP contribution >= 0.6 is 11.8 Å². The van der Waals surface area contributed by atoms with Gasteiger partial charge in [-0.25, -0.2) is 0 Å². The maximum absolute atomic E-state index is 11.2. The molecule has 0 radical (unpaired) electrons. The summed E-state index contributed by atoms with van der Waals surface area (Å²) in [6.45, 7) is 1.67. The van der Waals surface area contributed by atoms with E-state index in [2.05, 4.69) is 5.92 Å². The van der Waals surface area contributed by atoms with Crippen LogP contribution in [0.4, 0.5) is 0 Å². The van der Waals surface area contributed by atoms with Gasteiger partial charge in [-0.2, -0.15) is 0 Å². The monoisotopic (exact) mass is 220 g/mol. The second kappa shape index (κ2) is 6.15. The first kappa shape index (κ1) is 11.7. The van der Waals surface area contributed by atoms with E-state index in [1.807, 2.05) is 30.3 Å². The third kappa shape index (κ3) is 4.57. The Labute approximate surface area is 94.0 Å². The third-order valence-corrected chi connectivity index (χ3v) is 2.63. The zero-order valence-electron chi connectivity index (χ0n) is 8.47. The van der Waals surface area contributed by atoms with Gasteiger partial charge in [0.15, 0.2) is 6.10 Å². The molecule has 1 aromatic carbocycles. The molecule has 0 fully saturated rings. The van der Waals surface area contributed by atoms with Crippen molar-refractivity contribution in [1.29, 1.82) is 0 Å². The van der Waals surface area contributed by atoms with E-state index < -0.39 is 6.10 Å².